The highest BCUT2D eigenvalue weighted by Gasteiger charge is 2.14. The SMILES string of the molecule is Cc1sc2ncn(CC(=O)NCC(=O)Nc3ccc(Cl)cn3)c(=O)c2c1C. The molecule has 10 heteroatoms. The van der Waals surface area contributed by atoms with Crippen LogP contribution in [0.1, 0.15) is 10.4 Å². The van der Waals surface area contributed by atoms with Crippen LogP contribution in [0.2, 0.25) is 5.02 Å². The number of hydrogen-bond donors (Lipinski definition) is 2. The van der Waals surface area contributed by atoms with E-state index >= 15 is 0 Å². The summed E-state index contributed by atoms with van der Waals surface area (Å²) in [7, 11) is 0. The van der Waals surface area contributed by atoms with Gasteiger partial charge in [0.15, 0.2) is 0 Å². The third kappa shape index (κ3) is 4.32. The Hall–Kier alpha value is -2.78. The average Bonchev–Trinajstić information content (AvgIpc) is 2.92. The minimum Gasteiger partial charge on any atom is -0.345 e. The summed E-state index contributed by atoms with van der Waals surface area (Å²) in [6.45, 7) is 3.32. The average molecular weight is 406 g/mol. The van der Waals surface area contributed by atoms with Crippen LogP contribution in [0.5, 0.6) is 0 Å². The number of nitrogens with one attached hydrogen (secondary N) is 2. The van der Waals surface area contributed by atoms with Crippen molar-refractivity contribution >= 4 is 50.8 Å². The second kappa shape index (κ2) is 7.85. The molecule has 0 bridgehead atoms. The number of nitrogens with zero attached hydrogens (tertiary/aromatic N) is 3. The first-order valence-corrected chi connectivity index (χ1v) is 9.18. The van der Waals surface area contributed by atoms with Crippen molar-refractivity contribution in [3.05, 3.63) is 50.5 Å². The summed E-state index contributed by atoms with van der Waals surface area (Å²) in [5, 5.41) is 5.98. The number of amides is 2. The standard InChI is InChI=1S/C17H16ClN5O3S/c1-9-10(2)27-16-15(9)17(26)23(8-21-16)7-14(25)20-6-13(24)22-12-4-3-11(18)5-19-12/h3-5,8H,6-7H2,1-2H3,(H,20,25)(H,19,22,24). The first kappa shape index (κ1) is 19.0. The van der Waals surface area contributed by atoms with E-state index in [0.29, 0.717) is 21.1 Å². The highest BCUT2D eigenvalue weighted by molar-refractivity contribution is 7.18. The lowest BCUT2D eigenvalue weighted by atomic mass is 10.2. The fraction of sp³-hybridized carbons (Fsp3) is 0.235. The van der Waals surface area contributed by atoms with Crippen LogP contribution in [-0.2, 0) is 16.1 Å². The van der Waals surface area contributed by atoms with Crippen LogP contribution in [0.4, 0.5) is 5.82 Å². The molecular weight excluding hydrogens is 390 g/mol. The lowest BCUT2D eigenvalue weighted by Gasteiger charge is -2.08. The third-order valence-corrected chi connectivity index (χ3v) is 5.25. The summed E-state index contributed by atoms with van der Waals surface area (Å²) in [6.07, 6.45) is 2.75. The Bertz CT molecular complexity index is 1070. The number of aromatic nitrogens is 3. The summed E-state index contributed by atoms with van der Waals surface area (Å²) in [5.41, 5.74) is 0.601. The van der Waals surface area contributed by atoms with Crippen LogP contribution in [0.25, 0.3) is 10.2 Å². The Morgan fingerprint density at radius 1 is 1.22 bits per heavy atom. The molecule has 8 nitrogen and oxygen atoms in total. The maximum atomic E-state index is 12.6. The smallest absolute Gasteiger partial charge is 0.262 e. The lowest BCUT2D eigenvalue weighted by Crippen LogP contribution is -2.37. The van der Waals surface area contributed by atoms with E-state index in [4.69, 9.17) is 11.6 Å². The fourth-order valence-electron chi connectivity index (χ4n) is 2.41. The molecule has 0 spiro atoms. The Morgan fingerprint density at radius 3 is 2.70 bits per heavy atom. The molecule has 0 aliphatic rings. The van der Waals surface area contributed by atoms with Crippen LogP contribution >= 0.6 is 22.9 Å². The van der Waals surface area contributed by atoms with Crippen LogP contribution in [0, 0.1) is 13.8 Å². The molecule has 0 saturated carbocycles. The van der Waals surface area contributed by atoms with Gasteiger partial charge in [-0.25, -0.2) is 9.97 Å². The van der Waals surface area contributed by atoms with E-state index in [-0.39, 0.29) is 18.6 Å². The summed E-state index contributed by atoms with van der Waals surface area (Å²) < 4.78 is 1.23. The van der Waals surface area contributed by atoms with Gasteiger partial charge in [-0.15, -0.1) is 11.3 Å². The number of fused-ring (bicyclic) bond motifs is 1. The van der Waals surface area contributed by atoms with Gasteiger partial charge in [0, 0.05) is 11.1 Å². The number of rotatable bonds is 5. The molecule has 3 heterocycles. The monoisotopic (exact) mass is 405 g/mol. The van der Waals surface area contributed by atoms with Crippen molar-refractivity contribution in [2.75, 3.05) is 11.9 Å². The number of carbonyl (C=O) groups excluding carboxylic acids is 2. The number of carbonyl (C=O) groups is 2. The van der Waals surface area contributed by atoms with Gasteiger partial charge in [-0.1, -0.05) is 11.6 Å². The minimum absolute atomic E-state index is 0.220. The number of aryl methyl sites for hydroxylation is 2. The number of hydrogen-bond acceptors (Lipinski definition) is 6. The normalized spacial score (nSPS) is 10.8. The molecule has 0 fully saturated rings. The van der Waals surface area contributed by atoms with Crippen molar-refractivity contribution in [2.45, 2.75) is 20.4 Å². The van der Waals surface area contributed by atoms with Gasteiger partial charge in [0.05, 0.1) is 23.3 Å². The molecule has 0 atom stereocenters. The molecular formula is C17H16ClN5O3S. The van der Waals surface area contributed by atoms with Crippen molar-refractivity contribution in [3.8, 4) is 0 Å². The van der Waals surface area contributed by atoms with Gasteiger partial charge < -0.3 is 10.6 Å². The molecule has 0 aliphatic carbocycles. The van der Waals surface area contributed by atoms with Crippen LogP contribution in [-0.4, -0.2) is 32.9 Å². The first-order valence-electron chi connectivity index (χ1n) is 7.98. The predicted octanol–water partition coefficient (Wildman–Crippen LogP) is 1.88. The van der Waals surface area contributed by atoms with Crippen molar-refractivity contribution in [2.24, 2.45) is 0 Å². The van der Waals surface area contributed by atoms with Gasteiger partial charge in [-0.3, -0.25) is 19.0 Å². The zero-order valence-corrected chi connectivity index (χ0v) is 16.1. The second-order valence-corrected chi connectivity index (χ2v) is 7.47. The van der Waals surface area contributed by atoms with Crippen molar-refractivity contribution in [1.82, 2.24) is 19.9 Å². The van der Waals surface area contributed by atoms with E-state index < -0.39 is 11.8 Å². The second-order valence-electron chi connectivity index (χ2n) is 5.83. The van der Waals surface area contributed by atoms with Gasteiger partial charge in [0.1, 0.15) is 17.2 Å². The van der Waals surface area contributed by atoms with Gasteiger partial charge in [0.2, 0.25) is 11.8 Å². The highest BCUT2D eigenvalue weighted by atomic mass is 35.5. The maximum Gasteiger partial charge on any atom is 0.262 e. The first-order chi connectivity index (χ1) is 12.8. The van der Waals surface area contributed by atoms with Crippen molar-refractivity contribution < 1.29 is 9.59 Å². The lowest BCUT2D eigenvalue weighted by molar-refractivity contribution is -0.124. The largest absolute Gasteiger partial charge is 0.345 e. The molecule has 3 aromatic heterocycles. The highest BCUT2D eigenvalue weighted by Crippen LogP contribution is 2.25. The summed E-state index contributed by atoms with van der Waals surface area (Å²) in [5.74, 6) is -0.585. The number of pyridine rings is 1. The van der Waals surface area contributed by atoms with Crippen LogP contribution < -0.4 is 16.2 Å². The zero-order chi connectivity index (χ0) is 19.6. The fourth-order valence-corrected chi connectivity index (χ4v) is 3.51. The summed E-state index contributed by atoms with van der Waals surface area (Å²) >= 11 is 7.17. The molecule has 0 saturated heterocycles. The number of halogens is 1. The van der Waals surface area contributed by atoms with Crippen molar-refractivity contribution in [3.63, 3.8) is 0 Å². The van der Waals surface area contributed by atoms with Gasteiger partial charge in [-0.2, -0.15) is 0 Å². The van der Waals surface area contributed by atoms with E-state index in [9.17, 15) is 14.4 Å². The van der Waals surface area contributed by atoms with Crippen molar-refractivity contribution in [1.29, 1.82) is 0 Å². The minimum atomic E-state index is -0.470. The van der Waals surface area contributed by atoms with Gasteiger partial charge in [0.25, 0.3) is 5.56 Å². The molecule has 3 aromatic rings. The molecule has 2 N–H and O–H groups in total. The molecule has 0 unspecified atom stereocenters. The molecule has 0 radical (unpaired) electrons. The molecule has 140 valence electrons. The molecule has 0 aromatic carbocycles. The van der Waals surface area contributed by atoms with Crippen LogP contribution in [0.15, 0.2) is 29.5 Å². The molecule has 27 heavy (non-hydrogen) atoms. The van der Waals surface area contributed by atoms with E-state index in [2.05, 4.69) is 20.6 Å². The Kier molecular flexibility index (Phi) is 5.52. The van der Waals surface area contributed by atoms with E-state index in [1.807, 2.05) is 13.8 Å². The maximum absolute atomic E-state index is 12.6. The molecule has 2 amide bonds. The summed E-state index contributed by atoms with van der Waals surface area (Å²) in [6, 6.07) is 3.14. The van der Waals surface area contributed by atoms with E-state index in [1.54, 1.807) is 12.1 Å². The van der Waals surface area contributed by atoms with Gasteiger partial charge in [-0.05, 0) is 31.5 Å². The predicted molar refractivity (Wildman–Crippen MR) is 104 cm³/mol. The van der Waals surface area contributed by atoms with Crippen LogP contribution in [0.3, 0.4) is 0 Å². The molecule has 3 rings (SSSR count). The van der Waals surface area contributed by atoms with Gasteiger partial charge >= 0.3 is 0 Å². The quantitative estimate of drug-likeness (QED) is 0.674. The Morgan fingerprint density at radius 2 is 2.00 bits per heavy atom. The topological polar surface area (TPSA) is 106 Å². The Labute approximate surface area is 163 Å². The number of thiophene rings is 1. The third-order valence-electron chi connectivity index (χ3n) is 3.91. The zero-order valence-electron chi connectivity index (χ0n) is 14.6. The summed E-state index contributed by atoms with van der Waals surface area (Å²) in [4.78, 5) is 46.3. The van der Waals surface area contributed by atoms with E-state index in [1.165, 1.54) is 28.4 Å². The van der Waals surface area contributed by atoms with E-state index in [0.717, 1.165) is 10.4 Å². The number of anilines is 1. The molecule has 0 aliphatic heterocycles. The Balaban J connectivity index is 1.61.